The number of aryl methyl sites for hydroxylation is 1. The number of rotatable bonds is 6. The molecule has 1 aliphatic rings. The molecule has 0 aromatic heterocycles. The van der Waals surface area contributed by atoms with Gasteiger partial charge in [-0.15, -0.1) is 0 Å². The molecular weight excluding hydrogens is 264 g/mol. The summed E-state index contributed by atoms with van der Waals surface area (Å²) in [6.45, 7) is 0.324. The Morgan fingerprint density at radius 3 is 2.57 bits per heavy atom. The Hall–Kier alpha value is -1.39. The quantitative estimate of drug-likeness (QED) is 0.747. The van der Waals surface area contributed by atoms with Gasteiger partial charge in [-0.3, -0.25) is 4.79 Å². The van der Waals surface area contributed by atoms with Crippen molar-refractivity contribution in [2.75, 3.05) is 6.54 Å². The SMILES string of the molecule is NC(CCc1ccccc1)C(=O)NCC1(O)CCCCC1. The van der Waals surface area contributed by atoms with Crippen molar-refractivity contribution in [1.29, 1.82) is 0 Å². The van der Waals surface area contributed by atoms with Crippen molar-refractivity contribution in [3.8, 4) is 0 Å². The molecule has 1 amide bonds. The first-order valence-electron chi connectivity index (χ1n) is 7.89. The van der Waals surface area contributed by atoms with E-state index in [1.807, 2.05) is 30.3 Å². The van der Waals surface area contributed by atoms with Crippen LogP contribution in [0.2, 0.25) is 0 Å². The highest BCUT2D eigenvalue weighted by Gasteiger charge is 2.30. The number of amides is 1. The van der Waals surface area contributed by atoms with Crippen LogP contribution in [0.5, 0.6) is 0 Å². The van der Waals surface area contributed by atoms with Gasteiger partial charge in [0.15, 0.2) is 0 Å². The summed E-state index contributed by atoms with van der Waals surface area (Å²) >= 11 is 0. The Balaban J connectivity index is 1.72. The molecule has 21 heavy (non-hydrogen) atoms. The molecule has 1 aromatic carbocycles. The van der Waals surface area contributed by atoms with Gasteiger partial charge in [0, 0.05) is 6.54 Å². The van der Waals surface area contributed by atoms with Gasteiger partial charge in [-0.1, -0.05) is 49.6 Å². The first-order chi connectivity index (χ1) is 10.1. The molecule has 0 saturated heterocycles. The lowest BCUT2D eigenvalue weighted by molar-refractivity contribution is -0.124. The zero-order valence-electron chi connectivity index (χ0n) is 12.6. The van der Waals surface area contributed by atoms with Crippen molar-refractivity contribution in [3.05, 3.63) is 35.9 Å². The monoisotopic (exact) mass is 290 g/mol. The number of carbonyl (C=O) groups is 1. The van der Waals surface area contributed by atoms with E-state index in [2.05, 4.69) is 5.32 Å². The fraction of sp³-hybridized carbons (Fsp3) is 0.588. The third-order valence-electron chi connectivity index (χ3n) is 4.30. The molecule has 0 radical (unpaired) electrons. The molecule has 0 spiro atoms. The molecule has 4 heteroatoms. The summed E-state index contributed by atoms with van der Waals surface area (Å²) in [6.07, 6.45) is 6.19. The summed E-state index contributed by atoms with van der Waals surface area (Å²) in [4.78, 5) is 12.0. The van der Waals surface area contributed by atoms with E-state index >= 15 is 0 Å². The van der Waals surface area contributed by atoms with Gasteiger partial charge in [-0.05, 0) is 31.2 Å². The van der Waals surface area contributed by atoms with Gasteiger partial charge in [-0.2, -0.15) is 0 Å². The van der Waals surface area contributed by atoms with Crippen LogP contribution in [-0.4, -0.2) is 29.2 Å². The van der Waals surface area contributed by atoms with Gasteiger partial charge in [0.2, 0.25) is 5.91 Å². The van der Waals surface area contributed by atoms with Crippen LogP contribution >= 0.6 is 0 Å². The minimum absolute atomic E-state index is 0.162. The molecule has 1 saturated carbocycles. The first kappa shape index (κ1) is 16.0. The zero-order valence-corrected chi connectivity index (χ0v) is 12.6. The Morgan fingerprint density at radius 2 is 1.90 bits per heavy atom. The standard InChI is InChI=1S/C17H26N2O2/c18-15(10-9-14-7-3-1-4-8-14)16(20)19-13-17(21)11-5-2-6-12-17/h1,3-4,7-8,15,21H,2,5-6,9-13,18H2,(H,19,20). The van der Waals surface area contributed by atoms with Crippen LogP contribution in [0.4, 0.5) is 0 Å². The lowest BCUT2D eigenvalue weighted by Crippen LogP contribution is -2.49. The van der Waals surface area contributed by atoms with Crippen molar-refractivity contribution >= 4 is 5.91 Å². The van der Waals surface area contributed by atoms with Gasteiger partial charge >= 0.3 is 0 Å². The van der Waals surface area contributed by atoms with E-state index < -0.39 is 11.6 Å². The Bertz CT molecular complexity index is 441. The molecule has 1 aliphatic carbocycles. The molecule has 1 unspecified atom stereocenters. The molecule has 4 N–H and O–H groups in total. The van der Waals surface area contributed by atoms with Crippen molar-refractivity contribution in [2.24, 2.45) is 5.73 Å². The van der Waals surface area contributed by atoms with Crippen LogP contribution in [0.1, 0.15) is 44.1 Å². The highest BCUT2D eigenvalue weighted by atomic mass is 16.3. The second-order valence-electron chi connectivity index (χ2n) is 6.13. The predicted octanol–water partition coefficient (Wildman–Crippen LogP) is 1.76. The minimum Gasteiger partial charge on any atom is -0.388 e. The Kier molecular flexibility index (Phi) is 5.76. The fourth-order valence-corrected chi connectivity index (χ4v) is 2.87. The molecule has 1 aromatic rings. The maximum Gasteiger partial charge on any atom is 0.237 e. The number of benzene rings is 1. The van der Waals surface area contributed by atoms with Gasteiger partial charge in [-0.25, -0.2) is 0 Å². The normalized spacial score (nSPS) is 19.0. The van der Waals surface area contributed by atoms with Gasteiger partial charge in [0.05, 0.1) is 11.6 Å². The van der Waals surface area contributed by atoms with Crippen LogP contribution in [0, 0.1) is 0 Å². The number of hydrogen-bond acceptors (Lipinski definition) is 3. The number of aliphatic hydroxyl groups is 1. The van der Waals surface area contributed by atoms with E-state index in [1.165, 1.54) is 12.0 Å². The lowest BCUT2D eigenvalue weighted by atomic mass is 9.85. The third kappa shape index (κ3) is 5.14. The summed E-state index contributed by atoms with van der Waals surface area (Å²) in [5.74, 6) is -0.162. The largest absolute Gasteiger partial charge is 0.388 e. The van der Waals surface area contributed by atoms with Crippen molar-refractivity contribution < 1.29 is 9.90 Å². The second kappa shape index (κ2) is 7.57. The molecule has 4 nitrogen and oxygen atoms in total. The number of hydrogen-bond donors (Lipinski definition) is 3. The Morgan fingerprint density at radius 1 is 1.24 bits per heavy atom. The minimum atomic E-state index is -0.729. The van der Waals surface area contributed by atoms with Crippen LogP contribution < -0.4 is 11.1 Å². The predicted molar refractivity (Wildman–Crippen MR) is 83.8 cm³/mol. The first-order valence-corrected chi connectivity index (χ1v) is 7.89. The van der Waals surface area contributed by atoms with E-state index in [1.54, 1.807) is 0 Å². The Labute approximate surface area is 126 Å². The summed E-state index contributed by atoms with van der Waals surface area (Å²) in [7, 11) is 0. The molecule has 1 atom stereocenters. The van der Waals surface area contributed by atoms with Crippen molar-refractivity contribution in [3.63, 3.8) is 0 Å². The number of nitrogens with one attached hydrogen (secondary N) is 1. The molecule has 0 aliphatic heterocycles. The molecular formula is C17H26N2O2. The highest BCUT2D eigenvalue weighted by molar-refractivity contribution is 5.81. The summed E-state index contributed by atoms with van der Waals surface area (Å²) < 4.78 is 0. The average molecular weight is 290 g/mol. The molecule has 1 fully saturated rings. The number of nitrogens with two attached hydrogens (primary N) is 1. The van der Waals surface area contributed by atoms with Crippen molar-refractivity contribution in [2.45, 2.75) is 56.6 Å². The summed E-state index contributed by atoms with van der Waals surface area (Å²) in [6, 6.07) is 9.50. The topological polar surface area (TPSA) is 75.4 Å². The van der Waals surface area contributed by atoms with Gasteiger partial charge in [0.25, 0.3) is 0 Å². The van der Waals surface area contributed by atoms with E-state index in [0.717, 1.165) is 32.1 Å². The third-order valence-corrected chi connectivity index (χ3v) is 4.30. The van der Waals surface area contributed by atoms with Gasteiger partial charge in [0.1, 0.15) is 0 Å². The molecule has 0 heterocycles. The zero-order chi connectivity index (χ0) is 15.1. The van der Waals surface area contributed by atoms with E-state index in [0.29, 0.717) is 13.0 Å². The van der Waals surface area contributed by atoms with E-state index in [4.69, 9.17) is 5.73 Å². The van der Waals surface area contributed by atoms with Crippen LogP contribution in [-0.2, 0) is 11.2 Å². The van der Waals surface area contributed by atoms with E-state index in [9.17, 15) is 9.90 Å². The number of carbonyl (C=O) groups excluding carboxylic acids is 1. The highest BCUT2D eigenvalue weighted by Crippen LogP contribution is 2.27. The lowest BCUT2D eigenvalue weighted by Gasteiger charge is -2.32. The fourth-order valence-electron chi connectivity index (χ4n) is 2.87. The van der Waals surface area contributed by atoms with Crippen LogP contribution in [0.25, 0.3) is 0 Å². The smallest absolute Gasteiger partial charge is 0.237 e. The summed E-state index contributed by atoms with van der Waals surface area (Å²) in [5, 5.41) is 13.2. The second-order valence-corrected chi connectivity index (χ2v) is 6.13. The molecule has 0 bridgehead atoms. The molecule has 2 rings (SSSR count). The summed E-state index contributed by atoms with van der Waals surface area (Å²) in [5.41, 5.74) is 6.39. The van der Waals surface area contributed by atoms with Gasteiger partial charge < -0.3 is 16.2 Å². The molecule has 116 valence electrons. The van der Waals surface area contributed by atoms with Crippen molar-refractivity contribution in [1.82, 2.24) is 5.32 Å². The van der Waals surface area contributed by atoms with E-state index in [-0.39, 0.29) is 5.91 Å². The maximum atomic E-state index is 12.0. The van der Waals surface area contributed by atoms with Crippen LogP contribution in [0.3, 0.4) is 0 Å². The maximum absolute atomic E-state index is 12.0. The van der Waals surface area contributed by atoms with Crippen LogP contribution in [0.15, 0.2) is 30.3 Å². The average Bonchev–Trinajstić information content (AvgIpc) is 2.52.